The Morgan fingerprint density at radius 2 is 1.85 bits per heavy atom. The molecule has 0 aromatic heterocycles. The average Bonchev–Trinajstić information content (AvgIpc) is 2.19. The molecule has 13 heavy (non-hydrogen) atoms. The van der Waals surface area contributed by atoms with Crippen LogP contribution in [0.3, 0.4) is 0 Å². The van der Waals surface area contributed by atoms with Gasteiger partial charge in [-0.05, 0) is 12.1 Å². The summed E-state index contributed by atoms with van der Waals surface area (Å²) in [5.74, 6) is 0. The molecule has 0 saturated heterocycles. The molecule has 67 valence electrons. The summed E-state index contributed by atoms with van der Waals surface area (Å²) in [6, 6.07) is 9.84. The third-order valence-electron chi connectivity index (χ3n) is 1.06. The van der Waals surface area contributed by atoms with Crippen molar-refractivity contribution in [1.29, 1.82) is 0 Å². The molecule has 0 aliphatic heterocycles. The molecule has 0 heterocycles. The van der Waals surface area contributed by atoms with Gasteiger partial charge in [-0.15, -0.1) is 0 Å². The van der Waals surface area contributed by atoms with E-state index in [0.29, 0.717) is 7.15 Å². The Kier molecular flexibility index (Phi) is 14.2. The van der Waals surface area contributed by atoms with Crippen molar-refractivity contribution in [3.63, 3.8) is 0 Å². The van der Waals surface area contributed by atoms with E-state index in [1.165, 1.54) is 0 Å². The summed E-state index contributed by atoms with van der Waals surface area (Å²) >= 11 is 0. The predicted octanol–water partition coefficient (Wildman–Crippen LogP) is 1.93. The van der Waals surface area contributed by atoms with Crippen LogP contribution in [0.15, 0.2) is 30.3 Å². The van der Waals surface area contributed by atoms with Crippen LogP contribution >= 0.6 is 0 Å². The minimum Gasteiger partial charge on any atom is 0 e. The molecule has 1 radical (unpaired) electrons. The average molecular weight is 251 g/mol. The molecular weight excluding hydrogens is 240 g/mol. The molecule has 0 bridgehead atoms. The standard InChI is InChI=1S/C7H8N.CH3BNO.Y/c1-8-7-5-3-2-4-6-7;3-1-2-4;/h2-6,8H,1H2;3H,1H2;/q2*-1;. The summed E-state index contributed by atoms with van der Waals surface area (Å²) in [6.07, 6.45) is -0.111. The monoisotopic (exact) mass is 251 g/mol. The fraction of sp³-hybridized carbons (Fsp3) is 0.125. The van der Waals surface area contributed by atoms with E-state index in [0.717, 1.165) is 5.69 Å². The van der Waals surface area contributed by atoms with Gasteiger partial charge in [0.2, 0.25) is 0 Å². The Hall–Kier alpha value is -0.0512. The second kappa shape index (κ2) is 11.9. The molecule has 1 rings (SSSR count). The fourth-order valence-corrected chi connectivity index (χ4v) is 0.556. The van der Waals surface area contributed by atoms with Crippen molar-refractivity contribution in [2.75, 3.05) is 11.8 Å². The second-order valence-corrected chi connectivity index (χ2v) is 1.91. The third kappa shape index (κ3) is 9.87. The zero-order valence-electron chi connectivity index (χ0n) is 7.36. The van der Waals surface area contributed by atoms with Gasteiger partial charge >= 0.3 is 24.0 Å². The van der Waals surface area contributed by atoms with E-state index in [9.17, 15) is 0 Å². The first kappa shape index (κ1) is 15.4. The van der Waals surface area contributed by atoms with Gasteiger partial charge in [-0.3, -0.25) is 7.05 Å². The van der Waals surface area contributed by atoms with E-state index < -0.39 is 0 Å². The molecule has 0 amide bonds. The number of rotatable bonds is 2. The molecule has 3 nitrogen and oxygen atoms in total. The normalized spacial score (nSPS) is 6.92. The van der Waals surface area contributed by atoms with Gasteiger partial charge in [-0.25, -0.2) is 0 Å². The van der Waals surface area contributed by atoms with E-state index >= 15 is 0 Å². The number of benzene rings is 1. The van der Waals surface area contributed by atoms with Crippen LogP contribution in [0.4, 0.5) is 5.69 Å². The second-order valence-electron chi connectivity index (χ2n) is 1.91. The SMILES string of the molecule is [CH2-]Nc1ccccc1.[NH-]CB=O.[Y]. The molecule has 0 aliphatic rings. The van der Waals surface area contributed by atoms with Crippen LogP contribution in [0, 0.1) is 7.05 Å². The molecule has 0 fully saturated rings. The number of hydrogen-bond acceptors (Lipinski definition) is 2. The topological polar surface area (TPSA) is 52.9 Å². The zero-order valence-corrected chi connectivity index (χ0v) is 10.2. The molecule has 2 N–H and O–H groups in total. The van der Waals surface area contributed by atoms with Crippen LogP contribution in [0.1, 0.15) is 0 Å². The van der Waals surface area contributed by atoms with Crippen LogP contribution in [-0.2, 0) is 37.4 Å². The van der Waals surface area contributed by atoms with Crippen molar-refractivity contribution in [1.82, 2.24) is 0 Å². The molecule has 1 aromatic rings. The van der Waals surface area contributed by atoms with E-state index in [-0.39, 0.29) is 39.2 Å². The summed E-state index contributed by atoms with van der Waals surface area (Å²) < 4.78 is 8.99. The molecular formula is C8H11BN2OY-2. The molecule has 0 atom stereocenters. The first-order chi connectivity index (χ1) is 5.85. The summed E-state index contributed by atoms with van der Waals surface area (Å²) in [4.78, 5) is 0. The van der Waals surface area contributed by atoms with Crippen LogP contribution in [-0.4, -0.2) is 13.6 Å². The number of para-hydroxylation sites is 1. The first-order valence-corrected chi connectivity index (χ1v) is 3.51. The molecule has 1 aromatic carbocycles. The molecule has 0 aliphatic carbocycles. The Morgan fingerprint density at radius 3 is 2.08 bits per heavy atom. The van der Waals surface area contributed by atoms with Gasteiger partial charge in [0.1, 0.15) is 0 Å². The van der Waals surface area contributed by atoms with Crippen molar-refractivity contribution in [3.05, 3.63) is 43.1 Å². The van der Waals surface area contributed by atoms with Gasteiger partial charge in [0, 0.05) is 38.4 Å². The molecule has 0 unspecified atom stereocenters. The quantitative estimate of drug-likeness (QED) is 0.644. The first-order valence-electron chi connectivity index (χ1n) is 3.51. The Morgan fingerprint density at radius 1 is 1.38 bits per heavy atom. The van der Waals surface area contributed by atoms with Gasteiger partial charge < -0.3 is 5.32 Å². The maximum absolute atomic E-state index is 8.99. The van der Waals surface area contributed by atoms with Crippen molar-refractivity contribution in [2.45, 2.75) is 0 Å². The third-order valence-corrected chi connectivity index (χ3v) is 1.06. The minimum absolute atomic E-state index is 0. The van der Waals surface area contributed by atoms with Crippen LogP contribution in [0.25, 0.3) is 5.73 Å². The fourth-order valence-electron chi connectivity index (χ4n) is 0.556. The summed E-state index contributed by atoms with van der Waals surface area (Å²) in [5.41, 5.74) is 7.13. The summed E-state index contributed by atoms with van der Waals surface area (Å²) in [5, 5.41) is 2.78. The van der Waals surface area contributed by atoms with Gasteiger partial charge in [0.15, 0.2) is 0 Å². The van der Waals surface area contributed by atoms with Crippen molar-refractivity contribution in [3.8, 4) is 0 Å². The number of hydrogen-bond donors (Lipinski definition) is 1. The molecule has 0 saturated carbocycles. The van der Waals surface area contributed by atoms with E-state index in [4.69, 9.17) is 10.4 Å². The van der Waals surface area contributed by atoms with E-state index in [1.54, 1.807) is 0 Å². The summed E-state index contributed by atoms with van der Waals surface area (Å²) in [6.45, 7) is 0. The van der Waals surface area contributed by atoms with Gasteiger partial charge in [-0.2, -0.15) is 0 Å². The van der Waals surface area contributed by atoms with Crippen molar-refractivity contribution < 1.29 is 37.4 Å². The number of anilines is 1. The smallest absolute Gasteiger partial charge is 0 e. The molecule has 0 spiro atoms. The van der Waals surface area contributed by atoms with Gasteiger partial charge in [0.25, 0.3) is 0 Å². The van der Waals surface area contributed by atoms with E-state index in [1.807, 2.05) is 30.3 Å². The maximum atomic E-state index is 8.99. The maximum Gasteiger partial charge on any atom is 0 e. The molecule has 5 heteroatoms. The van der Waals surface area contributed by atoms with Crippen molar-refractivity contribution >= 4 is 12.8 Å². The minimum atomic E-state index is -0.111. The van der Waals surface area contributed by atoms with Crippen LogP contribution < -0.4 is 5.32 Å². The van der Waals surface area contributed by atoms with Gasteiger partial charge in [0.05, 0.1) is 0 Å². The summed E-state index contributed by atoms with van der Waals surface area (Å²) in [7, 11) is 4.05. The Balaban J connectivity index is 0. The largest absolute Gasteiger partial charge is 0 e. The van der Waals surface area contributed by atoms with Gasteiger partial charge in [-0.1, -0.05) is 18.2 Å². The predicted molar refractivity (Wildman–Crippen MR) is 51.1 cm³/mol. The number of nitrogens with one attached hydrogen (secondary N) is 2. The van der Waals surface area contributed by atoms with Crippen LogP contribution in [0.5, 0.6) is 0 Å². The van der Waals surface area contributed by atoms with Crippen molar-refractivity contribution in [2.24, 2.45) is 0 Å². The Labute approximate surface area is 105 Å². The van der Waals surface area contributed by atoms with E-state index in [2.05, 4.69) is 12.4 Å². The Bertz CT molecular complexity index is 209. The zero-order chi connectivity index (χ0) is 9.23. The van der Waals surface area contributed by atoms with Crippen LogP contribution in [0.2, 0.25) is 0 Å².